The smallest absolute Gasteiger partial charge is 0.267 e. The standard InChI is InChI=1S/C14H11ClN2O/c15-13-8-6-12(7-9-13)14(18)17-16-10-11-4-2-1-3-5-11/h1-10H,(H,17,18)/b16-10+. The fraction of sp³-hybridized carbons (Fsp3) is 0. The van der Waals surface area contributed by atoms with Gasteiger partial charge in [-0.15, -0.1) is 0 Å². The summed E-state index contributed by atoms with van der Waals surface area (Å²) in [6.45, 7) is 0. The number of hydrazone groups is 1. The van der Waals surface area contributed by atoms with Crippen molar-refractivity contribution in [3.8, 4) is 0 Å². The van der Waals surface area contributed by atoms with E-state index in [4.69, 9.17) is 11.6 Å². The van der Waals surface area contributed by atoms with E-state index < -0.39 is 0 Å². The van der Waals surface area contributed by atoms with Crippen LogP contribution in [0.1, 0.15) is 15.9 Å². The van der Waals surface area contributed by atoms with Crippen LogP contribution in [-0.4, -0.2) is 12.1 Å². The Morgan fingerprint density at radius 3 is 2.39 bits per heavy atom. The van der Waals surface area contributed by atoms with Gasteiger partial charge in [0.15, 0.2) is 0 Å². The van der Waals surface area contributed by atoms with Crippen molar-refractivity contribution in [2.45, 2.75) is 0 Å². The first-order valence-electron chi connectivity index (χ1n) is 5.40. The Kier molecular flexibility index (Phi) is 4.10. The summed E-state index contributed by atoms with van der Waals surface area (Å²) in [5.74, 6) is -0.265. The molecule has 0 heterocycles. The maximum Gasteiger partial charge on any atom is 0.271 e. The lowest BCUT2D eigenvalue weighted by Crippen LogP contribution is -2.17. The first kappa shape index (κ1) is 12.3. The van der Waals surface area contributed by atoms with E-state index in [1.54, 1.807) is 30.5 Å². The molecule has 4 heteroatoms. The third kappa shape index (κ3) is 3.43. The van der Waals surface area contributed by atoms with E-state index in [9.17, 15) is 4.79 Å². The van der Waals surface area contributed by atoms with Crippen LogP contribution in [0.2, 0.25) is 5.02 Å². The van der Waals surface area contributed by atoms with Crippen LogP contribution >= 0.6 is 11.6 Å². The van der Waals surface area contributed by atoms with Crippen LogP contribution in [0.3, 0.4) is 0 Å². The van der Waals surface area contributed by atoms with Crippen molar-refractivity contribution < 1.29 is 4.79 Å². The van der Waals surface area contributed by atoms with Crippen molar-refractivity contribution in [2.75, 3.05) is 0 Å². The molecule has 0 unspecified atom stereocenters. The molecule has 1 amide bonds. The van der Waals surface area contributed by atoms with Crippen LogP contribution in [0.25, 0.3) is 0 Å². The van der Waals surface area contributed by atoms with Gasteiger partial charge in [0, 0.05) is 10.6 Å². The van der Waals surface area contributed by atoms with Gasteiger partial charge in [-0.1, -0.05) is 41.9 Å². The van der Waals surface area contributed by atoms with E-state index in [-0.39, 0.29) is 5.91 Å². The van der Waals surface area contributed by atoms with E-state index in [2.05, 4.69) is 10.5 Å². The van der Waals surface area contributed by atoms with Crippen molar-refractivity contribution in [3.63, 3.8) is 0 Å². The number of nitrogens with one attached hydrogen (secondary N) is 1. The highest BCUT2D eigenvalue weighted by Crippen LogP contribution is 2.09. The number of rotatable bonds is 3. The van der Waals surface area contributed by atoms with Gasteiger partial charge < -0.3 is 0 Å². The van der Waals surface area contributed by atoms with Gasteiger partial charge in [-0.05, 0) is 29.8 Å². The van der Waals surface area contributed by atoms with Gasteiger partial charge in [0.25, 0.3) is 5.91 Å². The molecule has 0 saturated carbocycles. The lowest BCUT2D eigenvalue weighted by atomic mass is 10.2. The van der Waals surface area contributed by atoms with Gasteiger partial charge in [0.05, 0.1) is 6.21 Å². The minimum atomic E-state index is -0.265. The van der Waals surface area contributed by atoms with Crippen LogP contribution < -0.4 is 5.43 Å². The molecule has 0 aliphatic carbocycles. The number of hydrogen-bond donors (Lipinski definition) is 1. The number of benzene rings is 2. The van der Waals surface area contributed by atoms with Crippen LogP contribution in [0, 0.1) is 0 Å². The summed E-state index contributed by atoms with van der Waals surface area (Å²) in [4.78, 5) is 11.7. The van der Waals surface area contributed by atoms with E-state index >= 15 is 0 Å². The zero-order valence-corrected chi connectivity index (χ0v) is 10.3. The Bertz CT molecular complexity index is 550. The third-order valence-electron chi connectivity index (χ3n) is 2.29. The first-order chi connectivity index (χ1) is 8.75. The lowest BCUT2D eigenvalue weighted by Gasteiger charge is -1.99. The van der Waals surface area contributed by atoms with Gasteiger partial charge in [-0.2, -0.15) is 5.10 Å². The normalized spacial score (nSPS) is 10.5. The number of carbonyl (C=O) groups excluding carboxylic acids is 1. The highest BCUT2D eigenvalue weighted by molar-refractivity contribution is 6.30. The van der Waals surface area contributed by atoms with Crippen molar-refractivity contribution in [1.29, 1.82) is 0 Å². The average Bonchev–Trinajstić information content (AvgIpc) is 2.40. The molecule has 1 N–H and O–H groups in total. The number of carbonyl (C=O) groups is 1. The molecule has 0 radical (unpaired) electrons. The molecule has 2 rings (SSSR count). The second kappa shape index (κ2) is 5.98. The fourth-order valence-corrected chi connectivity index (χ4v) is 1.50. The Morgan fingerprint density at radius 1 is 1.06 bits per heavy atom. The minimum absolute atomic E-state index is 0.265. The number of halogens is 1. The first-order valence-corrected chi connectivity index (χ1v) is 5.77. The largest absolute Gasteiger partial charge is 0.271 e. The quantitative estimate of drug-likeness (QED) is 0.667. The predicted molar refractivity (Wildman–Crippen MR) is 73.0 cm³/mol. The lowest BCUT2D eigenvalue weighted by molar-refractivity contribution is 0.0955. The van der Waals surface area contributed by atoms with E-state index in [1.165, 1.54) is 0 Å². The van der Waals surface area contributed by atoms with E-state index in [0.29, 0.717) is 10.6 Å². The summed E-state index contributed by atoms with van der Waals surface area (Å²) < 4.78 is 0. The summed E-state index contributed by atoms with van der Waals surface area (Å²) in [5, 5.41) is 4.48. The molecule has 0 aliphatic heterocycles. The molecule has 2 aromatic rings. The molecule has 0 saturated heterocycles. The van der Waals surface area contributed by atoms with Crippen molar-refractivity contribution in [2.24, 2.45) is 5.10 Å². The third-order valence-corrected chi connectivity index (χ3v) is 2.54. The maximum absolute atomic E-state index is 11.7. The molecule has 2 aromatic carbocycles. The molecular weight excluding hydrogens is 248 g/mol. The molecule has 90 valence electrons. The molecule has 0 aliphatic rings. The summed E-state index contributed by atoms with van der Waals surface area (Å²) in [7, 11) is 0. The molecule has 0 aromatic heterocycles. The highest BCUT2D eigenvalue weighted by Gasteiger charge is 2.02. The Hall–Kier alpha value is -2.13. The topological polar surface area (TPSA) is 41.5 Å². The second-order valence-electron chi connectivity index (χ2n) is 3.62. The summed E-state index contributed by atoms with van der Waals surface area (Å²) in [6, 6.07) is 16.2. The molecular formula is C14H11ClN2O. The van der Waals surface area contributed by atoms with Crippen LogP contribution in [0.15, 0.2) is 59.7 Å². The van der Waals surface area contributed by atoms with Crippen LogP contribution in [0.5, 0.6) is 0 Å². The molecule has 3 nitrogen and oxygen atoms in total. The van der Waals surface area contributed by atoms with Gasteiger partial charge in [0.1, 0.15) is 0 Å². The van der Waals surface area contributed by atoms with E-state index in [0.717, 1.165) is 5.56 Å². The average molecular weight is 259 g/mol. The number of hydrogen-bond acceptors (Lipinski definition) is 2. The molecule has 0 fully saturated rings. The SMILES string of the molecule is O=C(N/N=C/c1ccccc1)c1ccc(Cl)cc1. The van der Waals surface area contributed by atoms with Crippen molar-refractivity contribution in [1.82, 2.24) is 5.43 Å². The molecule has 18 heavy (non-hydrogen) atoms. The van der Waals surface area contributed by atoms with Gasteiger partial charge in [-0.3, -0.25) is 4.79 Å². The van der Waals surface area contributed by atoms with Crippen molar-refractivity contribution >= 4 is 23.7 Å². The van der Waals surface area contributed by atoms with Crippen LogP contribution in [-0.2, 0) is 0 Å². The Morgan fingerprint density at radius 2 is 1.72 bits per heavy atom. The maximum atomic E-state index is 11.7. The Labute approximate surface area is 110 Å². The summed E-state index contributed by atoms with van der Waals surface area (Å²) >= 11 is 5.74. The van der Waals surface area contributed by atoms with E-state index in [1.807, 2.05) is 30.3 Å². The monoisotopic (exact) mass is 258 g/mol. The number of amides is 1. The zero-order chi connectivity index (χ0) is 12.8. The highest BCUT2D eigenvalue weighted by atomic mass is 35.5. The molecule has 0 bridgehead atoms. The minimum Gasteiger partial charge on any atom is -0.267 e. The van der Waals surface area contributed by atoms with Crippen LogP contribution in [0.4, 0.5) is 0 Å². The summed E-state index contributed by atoms with van der Waals surface area (Å²) in [5.41, 5.74) is 3.90. The predicted octanol–water partition coefficient (Wildman–Crippen LogP) is 3.10. The molecule has 0 spiro atoms. The second-order valence-corrected chi connectivity index (χ2v) is 4.05. The van der Waals surface area contributed by atoms with Gasteiger partial charge in [0.2, 0.25) is 0 Å². The zero-order valence-electron chi connectivity index (χ0n) is 9.51. The fourth-order valence-electron chi connectivity index (χ4n) is 1.37. The Balaban J connectivity index is 1.96. The summed E-state index contributed by atoms with van der Waals surface area (Å²) in [6.07, 6.45) is 1.59. The number of nitrogens with zero attached hydrogens (tertiary/aromatic N) is 1. The van der Waals surface area contributed by atoms with Gasteiger partial charge in [-0.25, -0.2) is 5.43 Å². The molecule has 0 atom stereocenters. The van der Waals surface area contributed by atoms with Crippen molar-refractivity contribution in [3.05, 3.63) is 70.7 Å². The van der Waals surface area contributed by atoms with Gasteiger partial charge >= 0.3 is 0 Å².